The highest BCUT2D eigenvalue weighted by atomic mass is 35.5. The second-order valence-electron chi connectivity index (χ2n) is 5.43. The van der Waals surface area contributed by atoms with E-state index in [4.69, 9.17) is 11.6 Å². The Bertz CT molecular complexity index is 538. The molecule has 0 radical (unpaired) electrons. The molecule has 0 aliphatic carbocycles. The zero-order valence-electron chi connectivity index (χ0n) is 12.9. The third kappa shape index (κ3) is 4.59. The van der Waals surface area contributed by atoms with Crippen LogP contribution in [0.2, 0.25) is 5.02 Å². The number of hydrogen-bond acceptors (Lipinski definition) is 1. The van der Waals surface area contributed by atoms with Gasteiger partial charge in [-0.3, -0.25) is 0 Å². The van der Waals surface area contributed by atoms with Crippen LogP contribution < -0.4 is 5.32 Å². The Morgan fingerprint density at radius 3 is 2.24 bits per heavy atom. The van der Waals surface area contributed by atoms with E-state index in [1.54, 1.807) is 0 Å². The highest BCUT2D eigenvalue weighted by Crippen LogP contribution is 2.26. The average molecular weight is 302 g/mol. The molecule has 1 N–H and O–H groups in total. The normalized spacial score (nSPS) is 13.9. The summed E-state index contributed by atoms with van der Waals surface area (Å²) in [4.78, 5) is 0. The van der Waals surface area contributed by atoms with Crippen molar-refractivity contribution in [3.8, 4) is 0 Å². The van der Waals surface area contributed by atoms with Gasteiger partial charge in [-0.05, 0) is 36.1 Å². The second kappa shape index (κ2) is 8.21. The Kier molecular flexibility index (Phi) is 6.28. The van der Waals surface area contributed by atoms with Gasteiger partial charge in [0.05, 0.1) is 0 Å². The van der Waals surface area contributed by atoms with Crippen molar-refractivity contribution in [3.05, 3.63) is 70.7 Å². The standard InChI is InChI=1S/C19H24ClN/c1-3-9-19(15-10-6-5-7-11-15)21-18(4-2)16-12-8-13-17(20)14-16/h5-8,10-14,18-19,21H,3-4,9H2,1-2H3. The molecule has 2 unspecified atom stereocenters. The fourth-order valence-corrected chi connectivity index (χ4v) is 2.93. The quantitative estimate of drug-likeness (QED) is 0.669. The second-order valence-corrected chi connectivity index (χ2v) is 5.87. The summed E-state index contributed by atoms with van der Waals surface area (Å²) in [5.74, 6) is 0. The predicted molar refractivity (Wildman–Crippen MR) is 91.7 cm³/mol. The van der Waals surface area contributed by atoms with Crippen LogP contribution in [0, 0.1) is 0 Å². The summed E-state index contributed by atoms with van der Waals surface area (Å²) in [6.07, 6.45) is 3.35. The minimum atomic E-state index is 0.334. The maximum atomic E-state index is 6.13. The van der Waals surface area contributed by atoms with Crippen molar-refractivity contribution in [2.24, 2.45) is 0 Å². The molecule has 0 aliphatic rings. The lowest BCUT2D eigenvalue weighted by Crippen LogP contribution is -2.26. The van der Waals surface area contributed by atoms with E-state index >= 15 is 0 Å². The van der Waals surface area contributed by atoms with Crippen LogP contribution in [-0.2, 0) is 0 Å². The molecule has 2 aromatic rings. The van der Waals surface area contributed by atoms with Gasteiger partial charge in [0.2, 0.25) is 0 Å². The molecule has 0 amide bonds. The lowest BCUT2D eigenvalue weighted by atomic mass is 9.98. The van der Waals surface area contributed by atoms with Crippen molar-refractivity contribution >= 4 is 11.6 Å². The molecule has 2 aromatic carbocycles. The van der Waals surface area contributed by atoms with Crippen molar-refractivity contribution in [1.82, 2.24) is 5.32 Å². The largest absolute Gasteiger partial charge is 0.303 e. The van der Waals surface area contributed by atoms with Gasteiger partial charge in [0, 0.05) is 17.1 Å². The Morgan fingerprint density at radius 1 is 0.905 bits per heavy atom. The van der Waals surface area contributed by atoms with Crippen molar-refractivity contribution in [2.45, 2.75) is 45.2 Å². The van der Waals surface area contributed by atoms with Gasteiger partial charge in [0.15, 0.2) is 0 Å². The molecule has 0 aliphatic heterocycles. The third-order valence-electron chi connectivity index (χ3n) is 3.84. The van der Waals surface area contributed by atoms with Crippen molar-refractivity contribution in [2.75, 3.05) is 0 Å². The topological polar surface area (TPSA) is 12.0 Å². The monoisotopic (exact) mass is 301 g/mol. The molecule has 112 valence electrons. The van der Waals surface area contributed by atoms with E-state index < -0.39 is 0 Å². The van der Waals surface area contributed by atoms with E-state index in [2.05, 4.69) is 61.6 Å². The fraction of sp³-hybridized carbons (Fsp3) is 0.368. The number of hydrogen-bond donors (Lipinski definition) is 1. The molecule has 2 atom stereocenters. The minimum Gasteiger partial charge on any atom is -0.303 e. The van der Waals surface area contributed by atoms with Gasteiger partial charge >= 0.3 is 0 Å². The maximum absolute atomic E-state index is 6.13. The van der Waals surface area contributed by atoms with Crippen LogP contribution in [0.3, 0.4) is 0 Å². The number of nitrogens with one attached hydrogen (secondary N) is 1. The van der Waals surface area contributed by atoms with E-state index in [0.29, 0.717) is 12.1 Å². The molecule has 2 heteroatoms. The van der Waals surface area contributed by atoms with Gasteiger partial charge in [0.25, 0.3) is 0 Å². The predicted octanol–water partition coefficient (Wildman–Crippen LogP) is 5.92. The molecular formula is C19H24ClN. The first kappa shape index (κ1) is 16.1. The number of rotatable bonds is 7. The molecule has 2 rings (SSSR count). The Morgan fingerprint density at radius 2 is 1.62 bits per heavy atom. The van der Waals surface area contributed by atoms with E-state index in [0.717, 1.165) is 17.9 Å². The molecule has 0 saturated carbocycles. The van der Waals surface area contributed by atoms with Crippen molar-refractivity contribution in [1.29, 1.82) is 0 Å². The molecule has 0 fully saturated rings. The highest BCUT2D eigenvalue weighted by Gasteiger charge is 2.16. The minimum absolute atomic E-state index is 0.334. The summed E-state index contributed by atoms with van der Waals surface area (Å²) in [5.41, 5.74) is 2.63. The number of halogens is 1. The van der Waals surface area contributed by atoms with Gasteiger partial charge in [-0.25, -0.2) is 0 Å². The van der Waals surface area contributed by atoms with Gasteiger partial charge in [-0.15, -0.1) is 0 Å². The van der Waals surface area contributed by atoms with Gasteiger partial charge in [0.1, 0.15) is 0 Å². The lowest BCUT2D eigenvalue weighted by molar-refractivity contribution is 0.413. The van der Waals surface area contributed by atoms with Crippen LogP contribution >= 0.6 is 11.6 Å². The van der Waals surface area contributed by atoms with E-state index in [-0.39, 0.29) is 0 Å². The number of benzene rings is 2. The van der Waals surface area contributed by atoms with Crippen LogP contribution in [0.5, 0.6) is 0 Å². The average Bonchev–Trinajstić information content (AvgIpc) is 2.52. The Hall–Kier alpha value is -1.31. The molecule has 0 bridgehead atoms. The third-order valence-corrected chi connectivity index (χ3v) is 4.08. The Labute approximate surface area is 133 Å². The summed E-state index contributed by atoms with van der Waals surface area (Å²) in [7, 11) is 0. The van der Waals surface area contributed by atoms with E-state index in [1.165, 1.54) is 17.5 Å². The summed E-state index contributed by atoms with van der Waals surface area (Å²) >= 11 is 6.13. The SMILES string of the molecule is CCCC(NC(CC)c1cccc(Cl)c1)c1ccccc1. The van der Waals surface area contributed by atoms with E-state index in [9.17, 15) is 0 Å². The van der Waals surface area contributed by atoms with Crippen LogP contribution in [0.15, 0.2) is 54.6 Å². The van der Waals surface area contributed by atoms with Crippen LogP contribution in [0.25, 0.3) is 0 Å². The molecule has 0 aromatic heterocycles. The van der Waals surface area contributed by atoms with Crippen molar-refractivity contribution < 1.29 is 0 Å². The molecule has 0 spiro atoms. The van der Waals surface area contributed by atoms with Crippen LogP contribution in [-0.4, -0.2) is 0 Å². The summed E-state index contributed by atoms with van der Waals surface area (Å²) in [5, 5.41) is 4.61. The molecule has 1 nitrogen and oxygen atoms in total. The van der Waals surface area contributed by atoms with Crippen molar-refractivity contribution in [3.63, 3.8) is 0 Å². The van der Waals surface area contributed by atoms with Gasteiger partial charge in [-0.1, -0.05) is 74.3 Å². The zero-order valence-corrected chi connectivity index (χ0v) is 13.6. The first-order chi connectivity index (χ1) is 10.2. The molecular weight excluding hydrogens is 278 g/mol. The molecule has 0 saturated heterocycles. The smallest absolute Gasteiger partial charge is 0.0409 e. The zero-order chi connectivity index (χ0) is 15.1. The van der Waals surface area contributed by atoms with Gasteiger partial charge in [-0.2, -0.15) is 0 Å². The maximum Gasteiger partial charge on any atom is 0.0409 e. The summed E-state index contributed by atoms with van der Waals surface area (Å²) in [6, 6.07) is 19.6. The summed E-state index contributed by atoms with van der Waals surface area (Å²) < 4.78 is 0. The van der Waals surface area contributed by atoms with E-state index in [1.807, 2.05) is 12.1 Å². The Balaban J connectivity index is 2.18. The fourth-order valence-electron chi connectivity index (χ4n) is 2.74. The lowest BCUT2D eigenvalue weighted by Gasteiger charge is -2.26. The molecule has 21 heavy (non-hydrogen) atoms. The van der Waals surface area contributed by atoms with Gasteiger partial charge < -0.3 is 5.32 Å². The van der Waals surface area contributed by atoms with Crippen LogP contribution in [0.1, 0.15) is 56.3 Å². The highest BCUT2D eigenvalue weighted by molar-refractivity contribution is 6.30. The summed E-state index contributed by atoms with van der Waals surface area (Å²) in [6.45, 7) is 4.45. The first-order valence-corrected chi connectivity index (χ1v) is 8.18. The molecule has 0 heterocycles. The first-order valence-electron chi connectivity index (χ1n) is 7.81. The van der Waals surface area contributed by atoms with Crippen LogP contribution in [0.4, 0.5) is 0 Å².